The molecule has 2 heterocycles. The second-order valence-electron chi connectivity index (χ2n) is 7.84. The Morgan fingerprint density at radius 2 is 2.00 bits per heavy atom. The van der Waals surface area contributed by atoms with Gasteiger partial charge in [0.15, 0.2) is 0 Å². The van der Waals surface area contributed by atoms with E-state index in [9.17, 15) is 18.5 Å². The third-order valence-electron chi connectivity index (χ3n) is 6.05. The normalized spacial score (nSPS) is 31.4. The van der Waals surface area contributed by atoms with E-state index in [2.05, 4.69) is 16.1 Å². The van der Waals surface area contributed by atoms with E-state index in [1.54, 1.807) is 29.2 Å². The van der Waals surface area contributed by atoms with Crippen LogP contribution in [-0.4, -0.2) is 49.9 Å². The van der Waals surface area contributed by atoms with Crippen LogP contribution in [0.15, 0.2) is 29.2 Å². The number of rotatable bonds is 4. The molecule has 0 spiro atoms. The number of fused-ring (bicyclic) bond motifs is 2. The Morgan fingerprint density at radius 3 is 2.61 bits per heavy atom. The van der Waals surface area contributed by atoms with E-state index in [1.165, 1.54) is 0 Å². The molecule has 1 aromatic carbocycles. The molecule has 9 heteroatoms. The predicted octanol–water partition coefficient (Wildman–Crippen LogP) is 1.33. The highest BCUT2D eigenvalue weighted by molar-refractivity contribution is 7.89. The van der Waals surface area contributed by atoms with Crippen molar-refractivity contribution in [3.63, 3.8) is 0 Å². The van der Waals surface area contributed by atoms with Crippen LogP contribution in [0, 0.1) is 24.2 Å². The lowest BCUT2D eigenvalue weighted by Crippen LogP contribution is -2.56. The average molecular weight is 425 g/mol. The maximum Gasteiger partial charge on any atom is 0.241 e. The third-order valence-corrected chi connectivity index (χ3v) is 7.56. The first-order chi connectivity index (χ1) is 12.9. The molecule has 1 aliphatic carbocycles. The first-order valence-electron chi connectivity index (χ1n) is 9.44. The van der Waals surface area contributed by atoms with Crippen LogP contribution in [0.5, 0.6) is 0 Å². The first kappa shape index (κ1) is 21.1. The van der Waals surface area contributed by atoms with Crippen molar-refractivity contribution in [2.75, 3.05) is 6.54 Å². The van der Waals surface area contributed by atoms with Crippen LogP contribution < -0.4 is 10.0 Å². The van der Waals surface area contributed by atoms with E-state index >= 15 is 0 Å². The minimum atomic E-state index is -3.58. The molecular formula is C19H25ClN4O3S. The van der Waals surface area contributed by atoms with Gasteiger partial charge in [0, 0.05) is 18.6 Å². The van der Waals surface area contributed by atoms with Crippen molar-refractivity contribution in [1.29, 1.82) is 5.26 Å². The number of nitrogens with one attached hydrogen (secondary N) is 2. The number of nitriles is 1. The Hall–Kier alpha value is -1.66. The average Bonchev–Trinajstić information content (AvgIpc) is 3.36. The number of hydrogen-bond acceptors (Lipinski definition) is 5. The molecule has 2 aliphatic heterocycles. The van der Waals surface area contributed by atoms with Gasteiger partial charge in [-0.1, -0.05) is 17.7 Å². The summed E-state index contributed by atoms with van der Waals surface area (Å²) in [5.74, 6) is 0.0968. The number of sulfonamides is 1. The van der Waals surface area contributed by atoms with Crippen LogP contribution in [0.2, 0.25) is 0 Å². The van der Waals surface area contributed by atoms with Crippen molar-refractivity contribution in [2.45, 2.75) is 61.7 Å². The quantitative estimate of drug-likeness (QED) is 0.759. The van der Waals surface area contributed by atoms with Gasteiger partial charge in [-0.05, 0) is 50.7 Å². The molecule has 3 fully saturated rings. The van der Waals surface area contributed by atoms with Crippen molar-refractivity contribution < 1.29 is 13.2 Å². The molecule has 4 rings (SSSR count). The molecule has 5 atom stereocenters. The maximum atomic E-state index is 12.8. The summed E-state index contributed by atoms with van der Waals surface area (Å²) in [5.41, 5.74) is 1.01. The minimum absolute atomic E-state index is 0. The largest absolute Gasteiger partial charge is 0.325 e. The van der Waals surface area contributed by atoms with Gasteiger partial charge in [-0.15, -0.1) is 12.4 Å². The van der Waals surface area contributed by atoms with Gasteiger partial charge in [0.05, 0.1) is 17.0 Å². The van der Waals surface area contributed by atoms with Crippen LogP contribution in [-0.2, 0) is 14.8 Å². The van der Waals surface area contributed by atoms with Crippen molar-refractivity contribution in [3.05, 3.63) is 29.8 Å². The zero-order valence-electron chi connectivity index (χ0n) is 15.7. The van der Waals surface area contributed by atoms with E-state index in [1.807, 2.05) is 6.92 Å². The fourth-order valence-corrected chi connectivity index (χ4v) is 5.92. The third kappa shape index (κ3) is 3.77. The summed E-state index contributed by atoms with van der Waals surface area (Å²) in [6.07, 6.45) is 3.03. The summed E-state index contributed by atoms with van der Waals surface area (Å²) >= 11 is 0. The number of carbonyl (C=O) groups is 1. The summed E-state index contributed by atoms with van der Waals surface area (Å²) < 4.78 is 28.1. The van der Waals surface area contributed by atoms with E-state index in [0.717, 1.165) is 24.8 Å². The highest BCUT2D eigenvalue weighted by Crippen LogP contribution is 2.37. The second-order valence-corrected chi connectivity index (χ2v) is 9.56. The van der Waals surface area contributed by atoms with Crippen molar-refractivity contribution >= 4 is 28.3 Å². The van der Waals surface area contributed by atoms with E-state index < -0.39 is 10.0 Å². The number of halogens is 1. The molecule has 0 unspecified atom stereocenters. The molecule has 7 nitrogen and oxygen atoms in total. The van der Waals surface area contributed by atoms with Gasteiger partial charge in [-0.3, -0.25) is 4.79 Å². The number of aryl methyl sites for hydroxylation is 1. The summed E-state index contributed by atoms with van der Waals surface area (Å²) in [7, 11) is -3.58. The minimum Gasteiger partial charge on any atom is -0.325 e. The van der Waals surface area contributed by atoms with Crippen LogP contribution in [0.25, 0.3) is 0 Å². The highest BCUT2D eigenvalue weighted by atomic mass is 35.5. The molecule has 3 aliphatic rings. The van der Waals surface area contributed by atoms with E-state index in [4.69, 9.17) is 0 Å². The molecule has 2 saturated heterocycles. The van der Waals surface area contributed by atoms with Crippen LogP contribution in [0.3, 0.4) is 0 Å². The molecule has 152 valence electrons. The number of carbonyl (C=O) groups excluding carboxylic acids is 1. The Kier molecular flexibility index (Phi) is 6.01. The topological polar surface area (TPSA) is 102 Å². The maximum absolute atomic E-state index is 12.8. The monoisotopic (exact) mass is 424 g/mol. The number of nitrogens with zero attached hydrogens (tertiary/aromatic N) is 2. The number of benzene rings is 1. The first-order valence-corrected chi connectivity index (χ1v) is 10.9. The van der Waals surface area contributed by atoms with E-state index in [-0.39, 0.29) is 53.3 Å². The van der Waals surface area contributed by atoms with Crippen LogP contribution >= 0.6 is 12.4 Å². The number of likely N-dealkylation sites (tertiary alicyclic amines) is 1. The smallest absolute Gasteiger partial charge is 0.241 e. The zero-order chi connectivity index (χ0) is 19.2. The fourth-order valence-electron chi connectivity index (χ4n) is 4.63. The standard InChI is InChI=1S/C19H24N4O3S.ClH/c1-12-4-6-15(7-5-12)27(25,26)22-17-10-13-9-16(17)21-18(13)19(24)23-8-2-3-14(23)11-20;/h4-7,13-14,16-18,21-22H,2-3,8-10H2,1H3;1H/t13-,14-,16+,17+,18-;/m0./s1. The highest BCUT2D eigenvalue weighted by Gasteiger charge is 2.51. The molecule has 28 heavy (non-hydrogen) atoms. The van der Waals surface area contributed by atoms with Crippen LogP contribution in [0.1, 0.15) is 31.2 Å². The molecular weight excluding hydrogens is 400 g/mol. The zero-order valence-corrected chi connectivity index (χ0v) is 17.3. The Labute approximate surface area is 171 Å². The summed E-state index contributed by atoms with van der Waals surface area (Å²) in [4.78, 5) is 14.8. The van der Waals surface area contributed by atoms with Gasteiger partial charge in [-0.25, -0.2) is 13.1 Å². The van der Waals surface area contributed by atoms with Crippen molar-refractivity contribution in [2.24, 2.45) is 5.92 Å². The molecule has 0 radical (unpaired) electrons. The number of hydrogen-bond donors (Lipinski definition) is 2. The molecule has 1 aromatic rings. The molecule has 1 amide bonds. The molecule has 1 saturated carbocycles. The lowest BCUT2D eigenvalue weighted by atomic mass is 9.97. The SMILES string of the molecule is Cc1ccc(S(=O)(=O)N[C@@H]2C[C@@H]3C[C@H]2N[C@@H]3C(=O)N2CCC[C@H]2C#N)cc1.Cl. The predicted molar refractivity (Wildman–Crippen MR) is 106 cm³/mol. The lowest BCUT2D eigenvalue weighted by molar-refractivity contribution is -0.134. The van der Waals surface area contributed by atoms with Gasteiger partial charge in [0.1, 0.15) is 6.04 Å². The van der Waals surface area contributed by atoms with E-state index in [0.29, 0.717) is 13.0 Å². The number of amides is 1. The van der Waals surface area contributed by atoms with Gasteiger partial charge < -0.3 is 10.2 Å². The summed E-state index contributed by atoms with van der Waals surface area (Å²) in [6, 6.07) is 8.11. The van der Waals surface area contributed by atoms with Gasteiger partial charge >= 0.3 is 0 Å². The van der Waals surface area contributed by atoms with Crippen molar-refractivity contribution in [1.82, 2.24) is 14.9 Å². The van der Waals surface area contributed by atoms with Gasteiger partial charge in [0.25, 0.3) is 0 Å². The Bertz CT molecular complexity index is 883. The second kappa shape index (κ2) is 7.99. The number of piperidine rings is 1. The molecule has 2 N–H and O–H groups in total. The van der Waals surface area contributed by atoms with Gasteiger partial charge in [0.2, 0.25) is 15.9 Å². The van der Waals surface area contributed by atoms with Gasteiger partial charge in [-0.2, -0.15) is 5.26 Å². The van der Waals surface area contributed by atoms with Crippen LogP contribution in [0.4, 0.5) is 0 Å². The lowest BCUT2D eigenvalue weighted by Gasteiger charge is -2.32. The molecule has 2 bridgehead atoms. The Morgan fingerprint density at radius 1 is 1.29 bits per heavy atom. The Balaban J connectivity index is 0.00000225. The summed E-state index contributed by atoms with van der Waals surface area (Å²) in [6.45, 7) is 2.55. The van der Waals surface area contributed by atoms with Crippen molar-refractivity contribution in [3.8, 4) is 6.07 Å². The molecule has 0 aromatic heterocycles. The fraction of sp³-hybridized carbons (Fsp3) is 0.579. The summed E-state index contributed by atoms with van der Waals surface area (Å²) in [5, 5.41) is 12.5.